The van der Waals surface area contributed by atoms with Crippen LogP contribution in [0, 0.1) is 13.8 Å². The van der Waals surface area contributed by atoms with Crippen LogP contribution in [0.2, 0.25) is 5.02 Å². The maximum absolute atomic E-state index is 6.39. The lowest BCUT2D eigenvalue weighted by molar-refractivity contribution is 0.230. The quantitative estimate of drug-likeness (QED) is 0.633. The molecule has 2 nitrogen and oxygen atoms in total. The van der Waals surface area contributed by atoms with Gasteiger partial charge in [0.1, 0.15) is 0 Å². The van der Waals surface area contributed by atoms with Gasteiger partial charge in [0.15, 0.2) is 11.5 Å². The van der Waals surface area contributed by atoms with E-state index in [1.165, 1.54) is 16.7 Å². The molecule has 0 bridgehead atoms. The molecule has 2 aromatic rings. The van der Waals surface area contributed by atoms with E-state index < -0.39 is 0 Å². The molecule has 0 N–H and O–H groups in total. The molecular formula is C20H23ClO2. The van der Waals surface area contributed by atoms with Crippen molar-refractivity contribution in [2.24, 2.45) is 0 Å². The minimum Gasteiger partial charge on any atom is -0.493 e. The standard InChI is InChI=1S/C20H23ClO2/c1-13(2)23-20-12-18(21)17(11-19(20)22-5)10-9-16-8-6-7-14(3)15(16)4/h6-13H,1-5H3/b10-9-. The molecule has 0 saturated carbocycles. The van der Waals surface area contributed by atoms with Crippen molar-refractivity contribution in [1.29, 1.82) is 0 Å². The average molecular weight is 331 g/mol. The highest BCUT2D eigenvalue weighted by molar-refractivity contribution is 6.32. The summed E-state index contributed by atoms with van der Waals surface area (Å²) in [5.74, 6) is 1.35. The number of aryl methyl sites for hydroxylation is 1. The van der Waals surface area contributed by atoms with Gasteiger partial charge >= 0.3 is 0 Å². The fourth-order valence-electron chi connectivity index (χ4n) is 2.32. The first-order chi connectivity index (χ1) is 10.9. The number of benzene rings is 2. The molecule has 0 spiro atoms. The second-order valence-electron chi connectivity index (χ2n) is 5.81. The van der Waals surface area contributed by atoms with Gasteiger partial charge < -0.3 is 9.47 Å². The first-order valence-corrected chi connectivity index (χ1v) is 8.08. The van der Waals surface area contributed by atoms with E-state index in [4.69, 9.17) is 21.1 Å². The molecule has 2 aromatic carbocycles. The van der Waals surface area contributed by atoms with Crippen LogP contribution in [0.1, 0.15) is 36.1 Å². The maximum atomic E-state index is 6.39. The van der Waals surface area contributed by atoms with Crippen molar-refractivity contribution in [1.82, 2.24) is 0 Å². The van der Waals surface area contributed by atoms with Crippen LogP contribution in [0.15, 0.2) is 30.3 Å². The number of methoxy groups -OCH3 is 1. The van der Waals surface area contributed by atoms with E-state index in [1.807, 2.05) is 32.1 Å². The Bertz CT molecular complexity index is 718. The van der Waals surface area contributed by atoms with Crippen molar-refractivity contribution in [2.75, 3.05) is 7.11 Å². The summed E-state index contributed by atoms with van der Waals surface area (Å²) < 4.78 is 11.2. The van der Waals surface area contributed by atoms with Gasteiger partial charge in [0.2, 0.25) is 0 Å². The summed E-state index contributed by atoms with van der Waals surface area (Å²) in [6, 6.07) is 9.98. The monoisotopic (exact) mass is 330 g/mol. The largest absolute Gasteiger partial charge is 0.493 e. The summed E-state index contributed by atoms with van der Waals surface area (Å²) in [6.45, 7) is 8.18. The van der Waals surface area contributed by atoms with Crippen LogP contribution < -0.4 is 9.47 Å². The maximum Gasteiger partial charge on any atom is 0.163 e. The molecule has 0 saturated heterocycles. The molecule has 0 heterocycles. The third-order valence-electron chi connectivity index (χ3n) is 3.73. The first kappa shape index (κ1) is 17.4. The van der Waals surface area contributed by atoms with Crippen molar-refractivity contribution in [3.8, 4) is 11.5 Å². The molecule has 0 amide bonds. The molecular weight excluding hydrogens is 308 g/mol. The minimum absolute atomic E-state index is 0.0660. The van der Waals surface area contributed by atoms with Crippen LogP contribution in [-0.2, 0) is 0 Å². The van der Waals surface area contributed by atoms with Gasteiger partial charge in [-0.15, -0.1) is 0 Å². The molecule has 0 fully saturated rings. The predicted molar refractivity (Wildman–Crippen MR) is 98.6 cm³/mol. The molecule has 0 unspecified atom stereocenters. The smallest absolute Gasteiger partial charge is 0.163 e. The molecule has 122 valence electrons. The zero-order chi connectivity index (χ0) is 17.0. The molecule has 2 rings (SSSR count). The predicted octanol–water partition coefficient (Wildman–Crippen LogP) is 5.92. The second kappa shape index (κ2) is 7.56. The second-order valence-corrected chi connectivity index (χ2v) is 6.22. The lowest BCUT2D eigenvalue weighted by atomic mass is 10.0. The summed E-state index contributed by atoms with van der Waals surface area (Å²) in [7, 11) is 1.63. The minimum atomic E-state index is 0.0660. The van der Waals surface area contributed by atoms with E-state index >= 15 is 0 Å². The fourth-order valence-corrected chi connectivity index (χ4v) is 2.53. The Morgan fingerprint density at radius 1 is 1.00 bits per heavy atom. The Kier molecular flexibility index (Phi) is 5.73. The van der Waals surface area contributed by atoms with E-state index in [0.717, 1.165) is 5.56 Å². The van der Waals surface area contributed by atoms with Crippen molar-refractivity contribution in [3.05, 3.63) is 57.6 Å². The summed E-state index contributed by atoms with van der Waals surface area (Å²) in [5.41, 5.74) is 4.63. The molecule has 0 aliphatic carbocycles. The van der Waals surface area contributed by atoms with E-state index in [9.17, 15) is 0 Å². The number of hydrogen-bond donors (Lipinski definition) is 0. The molecule has 0 radical (unpaired) electrons. The van der Waals surface area contributed by atoms with Crippen LogP contribution in [0.25, 0.3) is 12.2 Å². The molecule has 0 aromatic heterocycles. The highest BCUT2D eigenvalue weighted by Crippen LogP contribution is 2.35. The normalized spacial score (nSPS) is 11.3. The van der Waals surface area contributed by atoms with E-state index in [0.29, 0.717) is 16.5 Å². The van der Waals surface area contributed by atoms with E-state index in [-0.39, 0.29) is 6.10 Å². The van der Waals surface area contributed by atoms with Gasteiger partial charge in [-0.3, -0.25) is 0 Å². The Morgan fingerprint density at radius 2 is 1.70 bits per heavy atom. The van der Waals surface area contributed by atoms with Gasteiger partial charge in [0.25, 0.3) is 0 Å². The summed E-state index contributed by atoms with van der Waals surface area (Å²) in [4.78, 5) is 0. The lowest BCUT2D eigenvalue weighted by Gasteiger charge is -2.15. The van der Waals surface area contributed by atoms with Gasteiger partial charge in [-0.05, 0) is 56.0 Å². The highest BCUT2D eigenvalue weighted by atomic mass is 35.5. The summed E-state index contributed by atoms with van der Waals surface area (Å²) in [6.07, 6.45) is 4.15. The van der Waals surface area contributed by atoms with Crippen LogP contribution in [0.4, 0.5) is 0 Å². The van der Waals surface area contributed by atoms with Crippen molar-refractivity contribution >= 4 is 23.8 Å². The Labute approximate surface area is 143 Å². The first-order valence-electron chi connectivity index (χ1n) is 7.71. The van der Waals surface area contributed by atoms with Gasteiger partial charge in [-0.1, -0.05) is 42.0 Å². The van der Waals surface area contributed by atoms with Crippen LogP contribution in [0.5, 0.6) is 11.5 Å². The molecule has 0 aliphatic rings. The molecule has 23 heavy (non-hydrogen) atoms. The Morgan fingerprint density at radius 3 is 2.35 bits per heavy atom. The third kappa shape index (κ3) is 4.29. The SMILES string of the molecule is COc1cc(/C=C\c2cccc(C)c2C)c(Cl)cc1OC(C)C. The van der Waals surface area contributed by atoms with Crippen molar-refractivity contribution in [3.63, 3.8) is 0 Å². The van der Waals surface area contributed by atoms with Crippen LogP contribution >= 0.6 is 11.6 Å². The van der Waals surface area contributed by atoms with Crippen molar-refractivity contribution in [2.45, 2.75) is 33.8 Å². The molecule has 3 heteroatoms. The zero-order valence-electron chi connectivity index (χ0n) is 14.3. The molecule has 0 atom stereocenters. The van der Waals surface area contributed by atoms with Crippen LogP contribution in [-0.4, -0.2) is 13.2 Å². The topological polar surface area (TPSA) is 18.5 Å². The van der Waals surface area contributed by atoms with Crippen molar-refractivity contribution < 1.29 is 9.47 Å². The Balaban J connectivity index is 2.36. The van der Waals surface area contributed by atoms with Gasteiger partial charge in [0.05, 0.1) is 18.2 Å². The van der Waals surface area contributed by atoms with Crippen LogP contribution in [0.3, 0.4) is 0 Å². The lowest BCUT2D eigenvalue weighted by Crippen LogP contribution is -2.06. The number of hydrogen-bond acceptors (Lipinski definition) is 2. The van der Waals surface area contributed by atoms with Gasteiger partial charge in [0, 0.05) is 6.07 Å². The zero-order valence-corrected chi connectivity index (χ0v) is 15.1. The third-order valence-corrected chi connectivity index (χ3v) is 4.06. The number of rotatable bonds is 5. The summed E-state index contributed by atoms with van der Waals surface area (Å²) >= 11 is 6.39. The fraction of sp³-hybridized carbons (Fsp3) is 0.300. The van der Waals surface area contributed by atoms with Gasteiger partial charge in [-0.2, -0.15) is 0 Å². The number of ether oxygens (including phenoxy) is 2. The summed E-state index contributed by atoms with van der Waals surface area (Å²) in [5, 5.41) is 0.642. The van der Waals surface area contributed by atoms with Gasteiger partial charge in [-0.25, -0.2) is 0 Å². The Hall–Kier alpha value is -1.93. The van der Waals surface area contributed by atoms with E-state index in [1.54, 1.807) is 7.11 Å². The number of halogens is 1. The highest BCUT2D eigenvalue weighted by Gasteiger charge is 2.10. The average Bonchev–Trinajstić information content (AvgIpc) is 2.49. The van der Waals surface area contributed by atoms with E-state index in [2.05, 4.69) is 38.1 Å². The molecule has 0 aliphatic heterocycles.